The van der Waals surface area contributed by atoms with Crippen molar-refractivity contribution < 1.29 is 21.6 Å². The number of nitrogens with one attached hydrogen (secondary N) is 1. The van der Waals surface area contributed by atoms with Gasteiger partial charge in [-0.25, -0.2) is 8.42 Å². The highest BCUT2D eigenvalue weighted by atomic mass is 32.2. The van der Waals surface area contributed by atoms with E-state index < -0.39 is 21.6 Å². The Morgan fingerprint density at radius 1 is 1.04 bits per heavy atom. The predicted molar refractivity (Wildman–Crippen MR) is 89.4 cm³/mol. The first kappa shape index (κ1) is 17.8. The molecule has 0 spiro atoms. The third-order valence-electron chi connectivity index (χ3n) is 4.11. The van der Waals surface area contributed by atoms with Gasteiger partial charge < -0.3 is 5.32 Å². The van der Waals surface area contributed by atoms with Crippen LogP contribution in [0.25, 0.3) is 0 Å². The molecular formula is C17H17F3N2O2S. The van der Waals surface area contributed by atoms with Crippen molar-refractivity contribution in [3.05, 3.63) is 65.7 Å². The van der Waals surface area contributed by atoms with Gasteiger partial charge in [-0.1, -0.05) is 48.5 Å². The lowest BCUT2D eigenvalue weighted by Gasteiger charge is -2.25. The van der Waals surface area contributed by atoms with Crippen LogP contribution in [0.1, 0.15) is 11.1 Å². The molecule has 3 rings (SSSR count). The first-order chi connectivity index (χ1) is 11.8. The molecule has 4 nitrogen and oxygen atoms in total. The fourth-order valence-corrected chi connectivity index (χ4v) is 3.89. The molecule has 0 radical (unpaired) electrons. The number of nitrogens with zero attached hydrogens (tertiary/aromatic N) is 1. The largest absolute Gasteiger partial charge is 0.511 e. The number of hydrogen-bond acceptors (Lipinski definition) is 3. The lowest BCUT2D eigenvalue weighted by Crippen LogP contribution is -2.44. The average Bonchev–Trinajstić information content (AvgIpc) is 2.74. The first-order valence-electron chi connectivity index (χ1n) is 7.72. The summed E-state index contributed by atoms with van der Waals surface area (Å²) < 4.78 is 63.5. The predicted octanol–water partition coefficient (Wildman–Crippen LogP) is 3.38. The van der Waals surface area contributed by atoms with E-state index in [1.807, 2.05) is 30.3 Å². The Bertz CT molecular complexity index is 838. The summed E-state index contributed by atoms with van der Waals surface area (Å²) >= 11 is 0. The van der Waals surface area contributed by atoms with E-state index in [1.165, 1.54) is 0 Å². The standard InChI is InChI=1S/C17H17F3N2O2S/c18-17(19,20)25(23,24)22-11-14-8-4-5-9-16(14)21-15(12-22)10-13-6-2-1-3-7-13/h1-9,15,21H,10-12H2. The lowest BCUT2D eigenvalue weighted by atomic mass is 10.1. The normalized spacial score (nSPS) is 18.9. The Balaban J connectivity index is 1.95. The second-order valence-corrected chi connectivity index (χ2v) is 7.86. The van der Waals surface area contributed by atoms with Crippen molar-refractivity contribution in [3.8, 4) is 0 Å². The Morgan fingerprint density at radius 2 is 1.68 bits per heavy atom. The van der Waals surface area contributed by atoms with E-state index in [4.69, 9.17) is 0 Å². The second-order valence-electron chi connectivity index (χ2n) is 5.93. The summed E-state index contributed by atoms with van der Waals surface area (Å²) in [6.45, 7) is -0.568. The van der Waals surface area contributed by atoms with Gasteiger partial charge in [0.15, 0.2) is 0 Å². The zero-order valence-corrected chi connectivity index (χ0v) is 14.0. The summed E-state index contributed by atoms with van der Waals surface area (Å²) in [6, 6.07) is 15.6. The highest BCUT2D eigenvalue weighted by Gasteiger charge is 2.50. The van der Waals surface area contributed by atoms with Crippen LogP contribution in [0.15, 0.2) is 54.6 Å². The van der Waals surface area contributed by atoms with Crippen molar-refractivity contribution in [1.82, 2.24) is 4.31 Å². The molecule has 1 aliphatic rings. The minimum atomic E-state index is -5.40. The first-order valence-corrected chi connectivity index (χ1v) is 9.16. The molecule has 134 valence electrons. The van der Waals surface area contributed by atoms with Gasteiger partial charge in [0.05, 0.1) is 0 Å². The van der Waals surface area contributed by atoms with Crippen LogP contribution in [0.2, 0.25) is 0 Å². The number of rotatable bonds is 3. The van der Waals surface area contributed by atoms with Crippen LogP contribution < -0.4 is 5.32 Å². The van der Waals surface area contributed by atoms with E-state index in [0.29, 0.717) is 22.0 Å². The molecule has 0 saturated carbocycles. The summed E-state index contributed by atoms with van der Waals surface area (Å²) in [5.74, 6) is 0. The van der Waals surface area contributed by atoms with Gasteiger partial charge in [0.1, 0.15) is 0 Å². The number of hydrogen-bond donors (Lipinski definition) is 1. The van der Waals surface area contributed by atoms with Crippen molar-refractivity contribution in [2.24, 2.45) is 0 Å². The summed E-state index contributed by atoms with van der Waals surface area (Å²) in [4.78, 5) is 0. The number of halogens is 3. The summed E-state index contributed by atoms with van der Waals surface area (Å²) in [6.07, 6.45) is 0.416. The molecule has 2 aromatic carbocycles. The molecule has 25 heavy (non-hydrogen) atoms. The number of sulfonamides is 1. The van der Waals surface area contributed by atoms with Crippen LogP contribution in [0, 0.1) is 0 Å². The maximum atomic E-state index is 13.0. The molecule has 1 atom stereocenters. The van der Waals surface area contributed by atoms with Gasteiger partial charge in [-0.05, 0) is 23.6 Å². The van der Waals surface area contributed by atoms with Gasteiger partial charge in [0.25, 0.3) is 0 Å². The van der Waals surface area contributed by atoms with Crippen molar-refractivity contribution in [3.63, 3.8) is 0 Å². The van der Waals surface area contributed by atoms with Crippen molar-refractivity contribution in [2.75, 3.05) is 11.9 Å². The molecular weight excluding hydrogens is 353 g/mol. The minimum absolute atomic E-state index is 0.259. The lowest BCUT2D eigenvalue weighted by molar-refractivity contribution is -0.0491. The highest BCUT2D eigenvalue weighted by Crippen LogP contribution is 2.32. The highest BCUT2D eigenvalue weighted by molar-refractivity contribution is 7.89. The second kappa shape index (κ2) is 6.68. The quantitative estimate of drug-likeness (QED) is 0.901. The maximum Gasteiger partial charge on any atom is 0.511 e. The number of anilines is 1. The maximum absolute atomic E-state index is 13.0. The monoisotopic (exact) mass is 370 g/mol. The fraction of sp³-hybridized carbons (Fsp3) is 0.294. The fourth-order valence-electron chi connectivity index (χ4n) is 2.91. The zero-order valence-electron chi connectivity index (χ0n) is 13.2. The topological polar surface area (TPSA) is 49.4 Å². The number of alkyl halides is 3. The summed E-state index contributed by atoms with van der Waals surface area (Å²) in [5.41, 5.74) is -3.22. The van der Waals surface area contributed by atoms with Crippen molar-refractivity contribution in [2.45, 2.75) is 24.5 Å². The smallest absolute Gasteiger partial charge is 0.380 e. The SMILES string of the molecule is O=S(=O)(N1Cc2ccccc2NC(Cc2ccccc2)C1)C(F)(F)F. The molecule has 1 N–H and O–H groups in total. The van der Waals surface area contributed by atoms with E-state index >= 15 is 0 Å². The average molecular weight is 370 g/mol. The van der Waals surface area contributed by atoms with E-state index in [0.717, 1.165) is 5.56 Å². The summed E-state index contributed by atoms with van der Waals surface area (Å²) in [7, 11) is -5.40. The van der Waals surface area contributed by atoms with Crippen LogP contribution in [0.3, 0.4) is 0 Å². The Hall–Kier alpha value is -2.06. The van der Waals surface area contributed by atoms with E-state index in [2.05, 4.69) is 5.32 Å². The summed E-state index contributed by atoms with van der Waals surface area (Å²) in [5, 5.41) is 3.19. The van der Waals surface area contributed by atoms with Crippen molar-refractivity contribution in [1.29, 1.82) is 0 Å². The molecule has 0 aromatic heterocycles. The van der Waals surface area contributed by atoms with Crippen LogP contribution in [-0.4, -0.2) is 30.8 Å². The molecule has 0 fully saturated rings. The molecule has 2 aromatic rings. The molecule has 0 amide bonds. The van der Waals surface area contributed by atoms with Crippen LogP contribution >= 0.6 is 0 Å². The number of fused-ring (bicyclic) bond motifs is 1. The van der Waals surface area contributed by atoms with Gasteiger partial charge >= 0.3 is 15.5 Å². The number of para-hydroxylation sites is 1. The van der Waals surface area contributed by atoms with Gasteiger partial charge in [0, 0.05) is 24.8 Å². The Kier molecular flexibility index (Phi) is 4.75. The van der Waals surface area contributed by atoms with Gasteiger partial charge in [-0.3, -0.25) is 0 Å². The van der Waals surface area contributed by atoms with Crippen LogP contribution in [-0.2, 0) is 23.0 Å². The van der Waals surface area contributed by atoms with Crippen molar-refractivity contribution >= 4 is 15.7 Å². The molecule has 1 aliphatic heterocycles. The van der Waals surface area contributed by atoms with E-state index in [-0.39, 0.29) is 13.1 Å². The minimum Gasteiger partial charge on any atom is -0.380 e. The number of benzene rings is 2. The van der Waals surface area contributed by atoms with Gasteiger partial charge in [-0.15, -0.1) is 0 Å². The third kappa shape index (κ3) is 3.80. The zero-order chi connectivity index (χ0) is 18.1. The van der Waals surface area contributed by atoms with Gasteiger partial charge in [-0.2, -0.15) is 17.5 Å². The molecule has 1 heterocycles. The molecule has 1 unspecified atom stereocenters. The van der Waals surface area contributed by atoms with Crippen LogP contribution in [0.4, 0.5) is 18.9 Å². The third-order valence-corrected chi connectivity index (χ3v) is 5.65. The molecule has 0 saturated heterocycles. The van der Waals surface area contributed by atoms with E-state index in [9.17, 15) is 21.6 Å². The van der Waals surface area contributed by atoms with E-state index in [1.54, 1.807) is 24.3 Å². The molecule has 0 aliphatic carbocycles. The Morgan fingerprint density at radius 3 is 2.36 bits per heavy atom. The molecule has 8 heteroatoms. The Labute approximate surface area is 144 Å². The molecule has 0 bridgehead atoms. The van der Waals surface area contributed by atoms with Crippen LogP contribution in [0.5, 0.6) is 0 Å². The van der Waals surface area contributed by atoms with Gasteiger partial charge in [0.2, 0.25) is 0 Å².